The zero-order valence-corrected chi connectivity index (χ0v) is 11.1. The summed E-state index contributed by atoms with van der Waals surface area (Å²) in [6.45, 7) is 1.97. The molecule has 0 spiro atoms. The minimum absolute atomic E-state index is 0.183. The van der Waals surface area contributed by atoms with Crippen molar-refractivity contribution in [2.75, 3.05) is 19.6 Å². The lowest BCUT2D eigenvalue weighted by molar-refractivity contribution is 0.501. The second-order valence-corrected chi connectivity index (χ2v) is 6.30. The summed E-state index contributed by atoms with van der Waals surface area (Å²) in [5.74, 6) is -1.74. The van der Waals surface area contributed by atoms with E-state index in [2.05, 4.69) is 10.0 Å². The van der Waals surface area contributed by atoms with E-state index in [-0.39, 0.29) is 6.54 Å². The van der Waals surface area contributed by atoms with Crippen LogP contribution in [0.5, 0.6) is 0 Å². The number of benzene rings is 1. The van der Waals surface area contributed by atoms with Crippen LogP contribution in [0.25, 0.3) is 0 Å². The third-order valence-corrected chi connectivity index (χ3v) is 4.71. The van der Waals surface area contributed by atoms with Gasteiger partial charge in [-0.25, -0.2) is 21.9 Å². The van der Waals surface area contributed by atoms with E-state index in [0.29, 0.717) is 12.3 Å². The van der Waals surface area contributed by atoms with Gasteiger partial charge in [0.25, 0.3) is 0 Å². The van der Waals surface area contributed by atoms with Gasteiger partial charge in [0.2, 0.25) is 10.0 Å². The normalized spacial score (nSPS) is 19.8. The molecule has 1 aromatic carbocycles. The highest BCUT2D eigenvalue weighted by Crippen LogP contribution is 2.18. The molecule has 0 aromatic heterocycles. The molecule has 0 amide bonds. The van der Waals surface area contributed by atoms with E-state index in [0.717, 1.165) is 37.7 Å². The summed E-state index contributed by atoms with van der Waals surface area (Å²) in [5, 5.41) is 3.17. The Balaban J connectivity index is 2.01. The lowest BCUT2D eigenvalue weighted by atomic mass is 10.1. The van der Waals surface area contributed by atoms with Crippen molar-refractivity contribution in [3.8, 4) is 0 Å². The van der Waals surface area contributed by atoms with Crippen molar-refractivity contribution in [1.29, 1.82) is 0 Å². The fourth-order valence-corrected chi connectivity index (χ4v) is 3.35. The van der Waals surface area contributed by atoms with Crippen LogP contribution in [0.1, 0.15) is 12.8 Å². The highest BCUT2D eigenvalue weighted by Gasteiger charge is 2.24. The Morgan fingerprint density at radius 2 is 2.00 bits per heavy atom. The summed E-state index contributed by atoms with van der Waals surface area (Å²) in [4.78, 5) is -0.903. The number of hydrogen-bond acceptors (Lipinski definition) is 3. The van der Waals surface area contributed by atoms with Gasteiger partial charge in [-0.15, -0.1) is 0 Å². The lowest BCUT2D eigenvalue weighted by Gasteiger charge is -2.11. The molecule has 106 valence electrons. The number of rotatable bonds is 5. The molecule has 1 atom stereocenters. The molecule has 0 bridgehead atoms. The molecule has 1 saturated heterocycles. The quantitative estimate of drug-likeness (QED) is 0.858. The van der Waals surface area contributed by atoms with Gasteiger partial charge < -0.3 is 5.32 Å². The van der Waals surface area contributed by atoms with E-state index >= 15 is 0 Å². The summed E-state index contributed by atoms with van der Waals surface area (Å²) in [6.07, 6.45) is 1.65. The number of hydrogen-bond donors (Lipinski definition) is 2. The van der Waals surface area contributed by atoms with Crippen molar-refractivity contribution in [1.82, 2.24) is 10.0 Å². The van der Waals surface area contributed by atoms with Gasteiger partial charge in [-0.2, -0.15) is 0 Å². The number of nitrogens with one attached hydrogen (secondary N) is 2. The molecule has 1 unspecified atom stereocenters. The van der Waals surface area contributed by atoms with Crippen LogP contribution in [0.15, 0.2) is 23.1 Å². The Labute approximate surface area is 111 Å². The highest BCUT2D eigenvalue weighted by molar-refractivity contribution is 7.89. The summed E-state index contributed by atoms with van der Waals surface area (Å²) in [7, 11) is -4.13. The minimum Gasteiger partial charge on any atom is -0.316 e. The van der Waals surface area contributed by atoms with Crippen LogP contribution >= 0.6 is 0 Å². The highest BCUT2D eigenvalue weighted by atomic mass is 32.2. The Kier molecular flexibility index (Phi) is 4.49. The Bertz CT molecular complexity index is 522. The molecular formula is C12H16F2N2O2S. The van der Waals surface area contributed by atoms with Gasteiger partial charge in [0, 0.05) is 6.54 Å². The first-order valence-electron chi connectivity index (χ1n) is 6.15. The molecule has 7 heteroatoms. The fourth-order valence-electron chi connectivity index (χ4n) is 2.17. The molecule has 2 rings (SSSR count). The summed E-state index contributed by atoms with van der Waals surface area (Å²) in [5.41, 5.74) is 0. The van der Waals surface area contributed by atoms with E-state index in [1.165, 1.54) is 0 Å². The molecule has 0 saturated carbocycles. The van der Waals surface area contributed by atoms with Crippen molar-refractivity contribution < 1.29 is 17.2 Å². The topological polar surface area (TPSA) is 58.2 Å². The van der Waals surface area contributed by atoms with Gasteiger partial charge in [-0.3, -0.25) is 0 Å². The van der Waals surface area contributed by atoms with Crippen molar-refractivity contribution in [2.24, 2.45) is 5.92 Å². The number of halogens is 2. The van der Waals surface area contributed by atoms with E-state index in [4.69, 9.17) is 0 Å². The van der Waals surface area contributed by atoms with Crippen molar-refractivity contribution in [3.05, 3.63) is 29.8 Å². The molecule has 1 aliphatic rings. The second kappa shape index (κ2) is 5.94. The maximum absolute atomic E-state index is 13.4. The van der Waals surface area contributed by atoms with Crippen LogP contribution in [0, 0.1) is 17.6 Å². The van der Waals surface area contributed by atoms with Crippen LogP contribution < -0.4 is 10.0 Å². The molecular weight excluding hydrogens is 274 g/mol. The molecule has 1 aromatic rings. The number of sulfonamides is 1. The van der Waals surface area contributed by atoms with Gasteiger partial charge in [0.15, 0.2) is 4.90 Å². The van der Waals surface area contributed by atoms with Crippen LogP contribution in [-0.2, 0) is 10.0 Å². The minimum atomic E-state index is -4.13. The van der Waals surface area contributed by atoms with E-state index < -0.39 is 26.6 Å². The van der Waals surface area contributed by atoms with Crippen LogP contribution in [0.4, 0.5) is 8.78 Å². The van der Waals surface area contributed by atoms with Crippen LogP contribution in [-0.4, -0.2) is 28.1 Å². The lowest BCUT2D eigenvalue weighted by Crippen LogP contribution is -2.28. The average Bonchev–Trinajstić information content (AvgIpc) is 2.81. The van der Waals surface area contributed by atoms with Crippen LogP contribution in [0.3, 0.4) is 0 Å². The van der Waals surface area contributed by atoms with Crippen LogP contribution in [0.2, 0.25) is 0 Å². The smallest absolute Gasteiger partial charge is 0.246 e. The molecule has 2 N–H and O–H groups in total. The Hall–Kier alpha value is -1.05. The van der Waals surface area contributed by atoms with Gasteiger partial charge in [0.1, 0.15) is 11.6 Å². The SMILES string of the molecule is O=S(=O)(NCCC1CCNC1)c1c(F)cccc1F. The maximum atomic E-state index is 13.4. The molecule has 0 radical (unpaired) electrons. The zero-order chi connectivity index (χ0) is 13.9. The Morgan fingerprint density at radius 3 is 2.58 bits per heavy atom. The van der Waals surface area contributed by atoms with Crippen molar-refractivity contribution in [2.45, 2.75) is 17.7 Å². The molecule has 0 aliphatic carbocycles. The third kappa shape index (κ3) is 3.49. The van der Waals surface area contributed by atoms with Crippen molar-refractivity contribution >= 4 is 10.0 Å². The van der Waals surface area contributed by atoms with Crippen molar-refractivity contribution in [3.63, 3.8) is 0 Å². The van der Waals surface area contributed by atoms with E-state index in [1.807, 2.05) is 0 Å². The van der Waals surface area contributed by atoms with Gasteiger partial charge in [-0.05, 0) is 44.0 Å². The first-order chi connectivity index (χ1) is 9.00. The van der Waals surface area contributed by atoms with E-state index in [9.17, 15) is 17.2 Å². The first kappa shape index (κ1) is 14.4. The first-order valence-corrected chi connectivity index (χ1v) is 7.63. The third-order valence-electron chi connectivity index (χ3n) is 3.19. The maximum Gasteiger partial charge on any atom is 0.246 e. The largest absolute Gasteiger partial charge is 0.316 e. The van der Waals surface area contributed by atoms with Gasteiger partial charge in [0.05, 0.1) is 0 Å². The standard InChI is InChI=1S/C12H16F2N2O2S/c13-10-2-1-3-11(14)12(10)19(17,18)16-7-5-9-4-6-15-8-9/h1-3,9,15-16H,4-8H2. The fraction of sp³-hybridized carbons (Fsp3) is 0.500. The van der Waals surface area contributed by atoms with E-state index in [1.54, 1.807) is 0 Å². The Morgan fingerprint density at radius 1 is 1.32 bits per heavy atom. The van der Waals surface area contributed by atoms with Gasteiger partial charge in [-0.1, -0.05) is 6.07 Å². The second-order valence-electron chi connectivity index (χ2n) is 4.60. The molecule has 19 heavy (non-hydrogen) atoms. The molecule has 1 fully saturated rings. The monoisotopic (exact) mass is 290 g/mol. The van der Waals surface area contributed by atoms with Gasteiger partial charge >= 0.3 is 0 Å². The predicted molar refractivity (Wildman–Crippen MR) is 67.1 cm³/mol. The molecule has 4 nitrogen and oxygen atoms in total. The summed E-state index contributed by atoms with van der Waals surface area (Å²) < 4.78 is 52.7. The molecule has 1 heterocycles. The molecule has 1 aliphatic heterocycles. The predicted octanol–water partition coefficient (Wildman–Crippen LogP) is 1.24. The average molecular weight is 290 g/mol. The summed E-state index contributed by atoms with van der Waals surface area (Å²) in [6, 6.07) is 2.99. The zero-order valence-electron chi connectivity index (χ0n) is 10.3. The summed E-state index contributed by atoms with van der Waals surface area (Å²) >= 11 is 0.